The van der Waals surface area contributed by atoms with Crippen LogP contribution in [0.4, 0.5) is 4.39 Å². The normalized spacial score (nSPS) is 13.0. The lowest BCUT2D eigenvalue weighted by Crippen LogP contribution is -2.40. The van der Waals surface area contributed by atoms with Crippen molar-refractivity contribution in [1.82, 2.24) is 10.6 Å². The molecule has 162 valence electrons. The van der Waals surface area contributed by atoms with Crippen molar-refractivity contribution < 1.29 is 17.9 Å². The Morgan fingerprint density at radius 2 is 1.93 bits per heavy atom. The molecule has 0 aliphatic carbocycles. The molecular formula is C19H33FIN3O3S. The van der Waals surface area contributed by atoms with Gasteiger partial charge in [-0.3, -0.25) is 0 Å². The van der Waals surface area contributed by atoms with E-state index in [9.17, 15) is 17.9 Å². The lowest BCUT2D eigenvalue weighted by molar-refractivity contribution is 0.251. The zero-order valence-corrected chi connectivity index (χ0v) is 20.0. The molecule has 1 rings (SSSR count). The Morgan fingerprint density at radius 1 is 1.21 bits per heavy atom. The summed E-state index contributed by atoms with van der Waals surface area (Å²) in [5.41, 5.74) is 1.11. The van der Waals surface area contributed by atoms with Crippen LogP contribution in [0.1, 0.15) is 44.2 Å². The van der Waals surface area contributed by atoms with Crippen molar-refractivity contribution in [2.24, 2.45) is 10.9 Å². The molecule has 3 N–H and O–H groups in total. The third-order valence-corrected chi connectivity index (χ3v) is 4.97. The largest absolute Gasteiger partial charge is 0.396 e. The van der Waals surface area contributed by atoms with E-state index in [0.29, 0.717) is 36.1 Å². The van der Waals surface area contributed by atoms with E-state index >= 15 is 0 Å². The van der Waals surface area contributed by atoms with Crippen LogP contribution < -0.4 is 10.6 Å². The van der Waals surface area contributed by atoms with Crippen molar-refractivity contribution in [3.8, 4) is 0 Å². The van der Waals surface area contributed by atoms with E-state index in [4.69, 9.17) is 0 Å². The number of aliphatic hydroxyl groups excluding tert-OH is 1. The number of aliphatic hydroxyl groups is 1. The van der Waals surface area contributed by atoms with Crippen molar-refractivity contribution in [1.29, 1.82) is 0 Å². The van der Waals surface area contributed by atoms with Crippen LogP contribution in [0.15, 0.2) is 23.2 Å². The summed E-state index contributed by atoms with van der Waals surface area (Å²) in [7, 11) is -3.22. The van der Waals surface area contributed by atoms with Gasteiger partial charge in [0.1, 0.15) is 5.82 Å². The fourth-order valence-electron chi connectivity index (χ4n) is 2.85. The van der Waals surface area contributed by atoms with Gasteiger partial charge in [0.25, 0.3) is 0 Å². The van der Waals surface area contributed by atoms with Crippen molar-refractivity contribution in [2.45, 2.75) is 45.4 Å². The maximum absolute atomic E-state index is 13.6. The van der Waals surface area contributed by atoms with Crippen LogP contribution in [0.5, 0.6) is 0 Å². The van der Waals surface area contributed by atoms with E-state index in [2.05, 4.69) is 22.5 Å². The first kappa shape index (κ1) is 27.1. The summed E-state index contributed by atoms with van der Waals surface area (Å²) in [6, 6.07) is 4.10. The fourth-order valence-corrected chi connectivity index (χ4v) is 3.70. The highest BCUT2D eigenvalue weighted by Crippen LogP contribution is 2.16. The molecule has 0 aliphatic rings. The molecule has 0 heterocycles. The molecule has 0 bridgehead atoms. The van der Waals surface area contributed by atoms with Crippen LogP contribution in [0.2, 0.25) is 0 Å². The number of nitrogens with zero attached hydrogens (tertiary/aromatic N) is 1. The molecule has 0 radical (unpaired) electrons. The van der Waals surface area contributed by atoms with Crippen molar-refractivity contribution in [3.63, 3.8) is 0 Å². The molecule has 1 atom stereocenters. The maximum atomic E-state index is 13.6. The van der Waals surface area contributed by atoms with Crippen LogP contribution in [0.3, 0.4) is 0 Å². The molecule has 1 aromatic carbocycles. The average Bonchev–Trinajstić information content (AvgIpc) is 2.58. The Kier molecular flexibility index (Phi) is 13.6. The molecule has 1 unspecified atom stereocenters. The van der Waals surface area contributed by atoms with E-state index in [1.165, 1.54) is 18.2 Å². The smallest absolute Gasteiger partial charge is 0.191 e. The van der Waals surface area contributed by atoms with Gasteiger partial charge in [-0.15, -0.1) is 24.0 Å². The molecule has 0 amide bonds. The van der Waals surface area contributed by atoms with E-state index in [1.54, 1.807) is 0 Å². The SMILES string of the molecule is CCCC(CCO)CNC(=NCc1cc(F)ccc1CS(C)(=O)=O)NCC.I. The summed E-state index contributed by atoms with van der Waals surface area (Å²) in [5.74, 6) is 0.378. The van der Waals surface area contributed by atoms with E-state index in [1.807, 2.05) is 6.92 Å². The van der Waals surface area contributed by atoms with Gasteiger partial charge in [0.05, 0.1) is 12.3 Å². The summed E-state index contributed by atoms with van der Waals surface area (Å²) >= 11 is 0. The summed E-state index contributed by atoms with van der Waals surface area (Å²) in [5, 5.41) is 15.6. The number of guanidine groups is 1. The third-order valence-electron chi connectivity index (χ3n) is 4.13. The number of nitrogens with one attached hydrogen (secondary N) is 2. The Morgan fingerprint density at radius 3 is 2.50 bits per heavy atom. The van der Waals surface area contributed by atoms with Gasteiger partial charge in [-0.25, -0.2) is 17.8 Å². The third kappa shape index (κ3) is 11.2. The highest BCUT2D eigenvalue weighted by atomic mass is 127. The van der Waals surface area contributed by atoms with Gasteiger partial charge < -0.3 is 15.7 Å². The van der Waals surface area contributed by atoms with Gasteiger partial charge in [0.15, 0.2) is 15.8 Å². The summed E-state index contributed by atoms with van der Waals surface area (Å²) in [4.78, 5) is 4.48. The number of halogens is 2. The number of hydrogen-bond donors (Lipinski definition) is 3. The molecule has 28 heavy (non-hydrogen) atoms. The van der Waals surface area contributed by atoms with E-state index < -0.39 is 15.7 Å². The van der Waals surface area contributed by atoms with Gasteiger partial charge in [0, 0.05) is 26.0 Å². The highest BCUT2D eigenvalue weighted by Gasteiger charge is 2.12. The first-order valence-corrected chi connectivity index (χ1v) is 11.4. The fraction of sp³-hybridized carbons (Fsp3) is 0.632. The number of sulfone groups is 1. The van der Waals surface area contributed by atoms with Gasteiger partial charge in [-0.1, -0.05) is 19.4 Å². The second-order valence-electron chi connectivity index (χ2n) is 6.73. The van der Waals surface area contributed by atoms with Gasteiger partial charge in [0.2, 0.25) is 0 Å². The van der Waals surface area contributed by atoms with Crippen molar-refractivity contribution in [3.05, 3.63) is 35.1 Å². The number of benzene rings is 1. The molecule has 0 aliphatic heterocycles. The maximum Gasteiger partial charge on any atom is 0.191 e. The summed E-state index contributed by atoms with van der Waals surface area (Å²) < 4.78 is 36.8. The molecule has 0 saturated carbocycles. The minimum absolute atomic E-state index is 0. The minimum atomic E-state index is -3.22. The molecular weight excluding hydrogens is 496 g/mol. The highest BCUT2D eigenvalue weighted by molar-refractivity contribution is 14.0. The van der Waals surface area contributed by atoms with Crippen molar-refractivity contribution in [2.75, 3.05) is 26.0 Å². The number of hydrogen-bond acceptors (Lipinski definition) is 4. The predicted octanol–water partition coefficient (Wildman–Crippen LogP) is 2.84. The van der Waals surface area contributed by atoms with Gasteiger partial charge in [-0.05, 0) is 48.9 Å². The molecule has 0 aromatic heterocycles. The lowest BCUT2D eigenvalue weighted by atomic mass is 10.0. The van der Waals surface area contributed by atoms with Crippen LogP contribution in [-0.2, 0) is 22.1 Å². The lowest BCUT2D eigenvalue weighted by Gasteiger charge is -2.18. The van der Waals surface area contributed by atoms with Gasteiger partial charge >= 0.3 is 0 Å². The number of aliphatic imine (C=N–C) groups is 1. The first-order valence-electron chi connectivity index (χ1n) is 9.37. The quantitative estimate of drug-likeness (QED) is 0.233. The van der Waals surface area contributed by atoms with Crippen LogP contribution >= 0.6 is 24.0 Å². The Balaban J connectivity index is 0.00000729. The Hall–Kier alpha value is -0.940. The molecule has 0 fully saturated rings. The topological polar surface area (TPSA) is 90.8 Å². The minimum Gasteiger partial charge on any atom is -0.396 e. The number of rotatable bonds is 11. The molecule has 0 spiro atoms. The second kappa shape index (κ2) is 14.1. The van der Waals surface area contributed by atoms with Crippen molar-refractivity contribution >= 4 is 39.8 Å². The van der Waals surface area contributed by atoms with E-state index in [0.717, 1.165) is 25.5 Å². The molecule has 6 nitrogen and oxygen atoms in total. The van der Waals surface area contributed by atoms with Crippen LogP contribution in [0, 0.1) is 11.7 Å². The van der Waals surface area contributed by atoms with Crippen LogP contribution in [0.25, 0.3) is 0 Å². The van der Waals surface area contributed by atoms with E-state index in [-0.39, 0.29) is 42.9 Å². The predicted molar refractivity (Wildman–Crippen MR) is 123 cm³/mol. The second-order valence-corrected chi connectivity index (χ2v) is 8.87. The Labute approximate surface area is 185 Å². The Bertz CT molecular complexity index is 708. The standard InChI is InChI=1S/C19H32FN3O3S.HI/c1-4-6-15(9-10-24)12-22-19(21-5-2)23-13-17-11-18(20)8-7-16(17)14-27(3,25)26;/h7-8,11,15,24H,4-6,9-10,12-14H2,1-3H3,(H2,21,22,23);1H. The first-order chi connectivity index (χ1) is 12.8. The molecule has 9 heteroatoms. The molecule has 1 aromatic rings. The molecule has 0 saturated heterocycles. The average molecular weight is 529 g/mol. The monoisotopic (exact) mass is 529 g/mol. The zero-order chi connectivity index (χ0) is 20.3. The zero-order valence-electron chi connectivity index (χ0n) is 16.9. The van der Waals surface area contributed by atoms with Gasteiger partial charge in [-0.2, -0.15) is 0 Å². The summed E-state index contributed by atoms with van der Waals surface area (Å²) in [6.45, 7) is 5.74. The van der Waals surface area contributed by atoms with Crippen LogP contribution in [-0.4, -0.2) is 45.4 Å². The summed E-state index contributed by atoms with van der Waals surface area (Å²) in [6.07, 6.45) is 3.93.